The van der Waals surface area contributed by atoms with Crippen LogP contribution in [0.15, 0.2) is 29.8 Å². The predicted molar refractivity (Wildman–Crippen MR) is 83.7 cm³/mol. The molecule has 7 nitrogen and oxygen atoms in total. The number of hydrogen-bond acceptors (Lipinski definition) is 6. The summed E-state index contributed by atoms with van der Waals surface area (Å²) in [5.74, 6) is -5.67. The molecule has 1 fully saturated rings. The van der Waals surface area contributed by atoms with Gasteiger partial charge in [0, 0.05) is 19.0 Å². The summed E-state index contributed by atoms with van der Waals surface area (Å²) in [6.07, 6.45) is 0.280. The van der Waals surface area contributed by atoms with E-state index in [9.17, 15) is 26.8 Å². The van der Waals surface area contributed by atoms with Crippen molar-refractivity contribution in [2.75, 3.05) is 12.3 Å². The number of rotatable bonds is 3. The Balaban J connectivity index is 2.13. The predicted octanol–water partition coefficient (Wildman–Crippen LogP) is 1.55. The van der Waals surface area contributed by atoms with Crippen molar-refractivity contribution in [2.24, 2.45) is 0 Å². The van der Waals surface area contributed by atoms with Gasteiger partial charge in [0.15, 0.2) is 11.6 Å². The average Bonchev–Trinajstić information content (AvgIpc) is 3.01. The Morgan fingerprint density at radius 2 is 2.04 bits per heavy atom. The van der Waals surface area contributed by atoms with Crippen LogP contribution in [0, 0.1) is 11.6 Å². The smallest absolute Gasteiger partial charge is 0.308 e. The number of nitrogens with zero attached hydrogens (tertiary/aromatic N) is 1. The van der Waals surface area contributed by atoms with Crippen molar-refractivity contribution in [3.63, 3.8) is 0 Å². The van der Waals surface area contributed by atoms with Crippen molar-refractivity contribution in [1.29, 1.82) is 0 Å². The van der Waals surface area contributed by atoms with Crippen LogP contribution in [0.4, 0.5) is 8.78 Å². The molecular formula is C16H15F2NO6S. The minimum atomic E-state index is -3.77. The van der Waals surface area contributed by atoms with Crippen LogP contribution in [-0.2, 0) is 34.7 Å². The second kappa shape index (κ2) is 6.04. The first-order chi connectivity index (χ1) is 12.1. The van der Waals surface area contributed by atoms with Gasteiger partial charge in [-0.05, 0) is 19.4 Å². The van der Waals surface area contributed by atoms with E-state index in [1.54, 1.807) is 0 Å². The van der Waals surface area contributed by atoms with Crippen LogP contribution in [-0.4, -0.2) is 36.8 Å². The van der Waals surface area contributed by atoms with Crippen molar-refractivity contribution in [3.8, 4) is 0 Å². The second-order valence-electron chi connectivity index (χ2n) is 6.04. The fourth-order valence-electron chi connectivity index (χ4n) is 2.91. The molecule has 1 unspecified atom stereocenters. The SMILES string of the molecule is CC(=O)OC1=C(N2CCCS2(=O)=O)OC(C)(c2cccc(F)c2F)C1=O. The van der Waals surface area contributed by atoms with Crippen LogP contribution < -0.4 is 0 Å². The third-order valence-corrected chi connectivity index (χ3v) is 6.00. The number of benzene rings is 1. The zero-order chi connectivity index (χ0) is 19.3. The van der Waals surface area contributed by atoms with E-state index in [0.717, 1.165) is 30.3 Å². The van der Waals surface area contributed by atoms with Gasteiger partial charge in [-0.15, -0.1) is 0 Å². The molecule has 140 valence electrons. The molecule has 0 aliphatic carbocycles. The lowest BCUT2D eigenvalue weighted by Gasteiger charge is -2.26. The molecule has 10 heteroatoms. The number of sulfonamides is 1. The second-order valence-corrected chi connectivity index (χ2v) is 8.05. The monoisotopic (exact) mass is 387 g/mol. The number of ketones is 1. The molecule has 26 heavy (non-hydrogen) atoms. The van der Waals surface area contributed by atoms with Gasteiger partial charge in [-0.3, -0.25) is 9.59 Å². The zero-order valence-electron chi connectivity index (χ0n) is 13.9. The van der Waals surface area contributed by atoms with E-state index in [1.807, 2.05) is 0 Å². The average molecular weight is 387 g/mol. The fraction of sp³-hybridized carbons (Fsp3) is 0.375. The molecule has 0 spiro atoms. The summed E-state index contributed by atoms with van der Waals surface area (Å²) in [4.78, 5) is 24.2. The van der Waals surface area contributed by atoms with E-state index in [4.69, 9.17) is 9.47 Å². The Hall–Kier alpha value is -2.49. The molecule has 0 N–H and O–H groups in total. The number of halogens is 2. The number of Topliss-reactive ketones (excluding diaryl/α,β-unsaturated/α-hetero) is 1. The molecule has 1 aromatic rings. The maximum atomic E-state index is 14.3. The fourth-order valence-corrected chi connectivity index (χ4v) is 4.41. The van der Waals surface area contributed by atoms with Gasteiger partial charge in [0.1, 0.15) is 0 Å². The Morgan fingerprint density at radius 3 is 2.62 bits per heavy atom. The molecule has 1 saturated heterocycles. The first-order valence-corrected chi connectivity index (χ1v) is 9.30. The van der Waals surface area contributed by atoms with Crippen molar-refractivity contribution < 1.29 is 36.3 Å². The molecule has 3 rings (SSSR count). The molecule has 2 aliphatic heterocycles. The molecule has 0 aromatic heterocycles. The van der Waals surface area contributed by atoms with Crippen LogP contribution in [0.2, 0.25) is 0 Å². The summed E-state index contributed by atoms with van der Waals surface area (Å²) < 4.78 is 63.4. The van der Waals surface area contributed by atoms with E-state index in [-0.39, 0.29) is 18.7 Å². The molecule has 1 aromatic carbocycles. The highest BCUT2D eigenvalue weighted by Crippen LogP contribution is 2.43. The van der Waals surface area contributed by atoms with Gasteiger partial charge in [0.25, 0.3) is 11.7 Å². The molecular weight excluding hydrogens is 372 g/mol. The number of ether oxygens (including phenoxy) is 2. The van der Waals surface area contributed by atoms with Gasteiger partial charge in [0.2, 0.25) is 21.4 Å². The molecule has 1 atom stereocenters. The van der Waals surface area contributed by atoms with E-state index in [2.05, 4.69) is 0 Å². The summed E-state index contributed by atoms with van der Waals surface area (Å²) in [5, 5.41) is 0. The lowest BCUT2D eigenvalue weighted by molar-refractivity contribution is -0.142. The van der Waals surface area contributed by atoms with E-state index in [0.29, 0.717) is 0 Å². The van der Waals surface area contributed by atoms with Crippen molar-refractivity contribution in [2.45, 2.75) is 25.9 Å². The van der Waals surface area contributed by atoms with Gasteiger partial charge < -0.3 is 9.47 Å². The Kier molecular flexibility index (Phi) is 4.26. The standard InChI is InChI=1S/C16H15F2NO6S/c1-9(20)24-13-14(21)16(2,10-5-3-6-11(17)12(10)18)25-15(13)19-7-4-8-26(19,22)23/h3,5-6H,4,7-8H2,1-2H3. The van der Waals surface area contributed by atoms with Crippen LogP contribution in [0.3, 0.4) is 0 Å². The normalized spacial score (nSPS) is 24.8. The Labute approximate surface area is 148 Å². The van der Waals surface area contributed by atoms with Gasteiger partial charge >= 0.3 is 5.97 Å². The lowest BCUT2D eigenvalue weighted by atomic mass is 9.91. The molecule has 2 heterocycles. The van der Waals surface area contributed by atoms with E-state index >= 15 is 0 Å². The number of esters is 1. The first-order valence-electron chi connectivity index (χ1n) is 7.69. The minimum Gasteiger partial charge on any atom is -0.456 e. The maximum Gasteiger partial charge on any atom is 0.308 e. The van der Waals surface area contributed by atoms with Gasteiger partial charge in [-0.2, -0.15) is 0 Å². The van der Waals surface area contributed by atoms with Crippen molar-refractivity contribution >= 4 is 21.8 Å². The summed E-state index contributed by atoms with van der Waals surface area (Å²) >= 11 is 0. The van der Waals surface area contributed by atoms with E-state index < -0.39 is 56.2 Å². The summed E-state index contributed by atoms with van der Waals surface area (Å²) in [6.45, 7) is 2.19. The topological polar surface area (TPSA) is 90.0 Å². The van der Waals surface area contributed by atoms with Gasteiger partial charge in [-0.25, -0.2) is 21.5 Å². The van der Waals surface area contributed by atoms with Crippen molar-refractivity contribution in [3.05, 3.63) is 47.0 Å². The summed E-state index contributed by atoms with van der Waals surface area (Å²) in [7, 11) is -3.77. The van der Waals surface area contributed by atoms with Gasteiger partial charge in [-0.1, -0.05) is 12.1 Å². The van der Waals surface area contributed by atoms with Crippen molar-refractivity contribution in [1.82, 2.24) is 4.31 Å². The zero-order valence-corrected chi connectivity index (χ0v) is 14.7. The molecule has 0 radical (unpaired) electrons. The highest BCUT2D eigenvalue weighted by molar-refractivity contribution is 7.89. The summed E-state index contributed by atoms with van der Waals surface area (Å²) in [6, 6.07) is 3.20. The number of carbonyl (C=O) groups is 2. The number of carbonyl (C=O) groups excluding carboxylic acids is 2. The lowest BCUT2D eigenvalue weighted by Crippen LogP contribution is -2.34. The Bertz CT molecular complexity index is 942. The number of hydrogen-bond donors (Lipinski definition) is 0. The van der Waals surface area contributed by atoms with Crippen LogP contribution >= 0.6 is 0 Å². The summed E-state index contributed by atoms with van der Waals surface area (Å²) in [5.41, 5.74) is -2.51. The molecule has 2 aliphatic rings. The van der Waals surface area contributed by atoms with Crippen LogP contribution in [0.1, 0.15) is 25.8 Å². The Morgan fingerprint density at radius 1 is 1.35 bits per heavy atom. The highest BCUT2D eigenvalue weighted by Gasteiger charge is 2.54. The van der Waals surface area contributed by atoms with E-state index in [1.165, 1.54) is 6.07 Å². The highest BCUT2D eigenvalue weighted by atomic mass is 32.2. The third-order valence-electron chi connectivity index (χ3n) is 4.17. The van der Waals surface area contributed by atoms with Crippen LogP contribution in [0.25, 0.3) is 0 Å². The first kappa shape index (κ1) is 18.3. The third kappa shape index (κ3) is 2.74. The molecule has 0 saturated carbocycles. The van der Waals surface area contributed by atoms with Crippen LogP contribution in [0.5, 0.6) is 0 Å². The molecule has 0 amide bonds. The largest absolute Gasteiger partial charge is 0.456 e. The molecule has 0 bridgehead atoms. The van der Waals surface area contributed by atoms with Gasteiger partial charge in [0.05, 0.1) is 5.75 Å². The minimum absolute atomic E-state index is 0.0113. The maximum absolute atomic E-state index is 14.3. The quantitative estimate of drug-likeness (QED) is 0.731.